The first-order valence-corrected chi connectivity index (χ1v) is 8.31. The van der Waals surface area contributed by atoms with E-state index in [-0.39, 0.29) is 31.2 Å². The lowest BCUT2D eigenvalue weighted by Gasteiger charge is -2.22. The van der Waals surface area contributed by atoms with Gasteiger partial charge in [-0.3, -0.25) is 24.6 Å². The number of hydrogen-bond acceptors (Lipinski definition) is 6. The summed E-state index contributed by atoms with van der Waals surface area (Å²) in [6.07, 6.45) is 0. The largest absolute Gasteiger partial charge is 0.483 e. The highest BCUT2D eigenvalue weighted by molar-refractivity contribution is 5.98. The van der Waals surface area contributed by atoms with Crippen LogP contribution in [0.3, 0.4) is 0 Å². The number of amides is 1. The van der Waals surface area contributed by atoms with Gasteiger partial charge in [-0.15, -0.1) is 0 Å². The van der Waals surface area contributed by atoms with Gasteiger partial charge in [-0.05, 0) is 32.0 Å². The van der Waals surface area contributed by atoms with Crippen molar-refractivity contribution in [1.82, 2.24) is 0 Å². The van der Waals surface area contributed by atoms with E-state index in [2.05, 4.69) is 0 Å². The molecule has 142 valence electrons. The summed E-state index contributed by atoms with van der Waals surface area (Å²) < 4.78 is 10.4. The fourth-order valence-corrected chi connectivity index (χ4v) is 2.44. The van der Waals surface area contributed by atoms with Gasteiger partial charge in [0, 0.05) is 11.8 Å². The van der Waals surface area contributed by atoms with Gasteiger partial charge in [0.15, 0.2) is 6.61 Å². The van der Waals surface area contributed by atoms with E-state index in [1.165, 1.54) is 17.0 Å². The van der Waals surface area contributed by atoms with Gasteiger partial charge in [-0.1, -0.05) is 24.3 Å². The number of esters is 1. The predicted molar refractivity (Wildman–Crippen MR) is 98.8 cm³/mol. The second kappa shape index (κ2) is 9.33. The average molecular weight is 372 g/mol. The van der Waals surface area contributed by atoms with Crippen LogP contribution in [0.25, 0.3) is 0 Å². The lowest BCUT2D eigenvalue weighted by atomic mass is 10.2. The Morgan fingerprint density at radius 1 is 1.11 bits per heavy atom. The zero-order valence-electron chi connectivity index (χ0n) is 15.1. The molecule has 0 aliphatic heterocycles. The normalized spacial score (nSPS) is 10.1. The number of para-hydroxylation sites is 1. The van der Waals surface area contributed by atoms with Crippen LogP contribution in [0.5, 0.6) is 5.75 Å². The molecule has 8 nitrogen and oxygen atoms in total. The summed E-state index contributed by atoms with van der Waals surface area (Å²) in [7, 11) is 0. The van der Waals surface area contributed by atoms with Gasteiger partial charge in [-0.25, -0.2) is 0 Å². The molecular weight excluding hydrogens is 352 g/mol. The van der Waals surface area contributed by atoms with Crippen LogP contribution in [-0.4, -0.2) is 36.6 Å². The Bertz CT molecular complexity index is 822. The molecule has 0 N–H and O–H groups in total. The number of nitro benzene ring substituents is 1. The molecule has 2 rings (SSSR count). The average Bonchev–Trinajstić information content (AvgIpc) is 2.65. The summed E-state index contributed by atoms with van der Waals surface area (Å²) in [5.74, 6) is -0.775. The van der Waals surface area contributed by atoms with Crippen molar-refractivity contribution >= 4 is 23.3 Å². The van der Waals surface area contributed by atoms with Crippen LogP contribution in [0.2, 0.25) is 0 Å². The Kier molecular flexibility index (Phi) is 6.87. The van der Waals surface area contributed by atoms with Crippen LogP contribution in [0.1, 0.15) is 12.5 Å². The van der Waals surface area contributed by atoms with E-state index >= 15 is 0 Å². The highest BCUT2D eigenvalue weighted by Gasteiger charge is 2.21. The maximum Gasteiger partial charge on any atom is 0.326 e. The second-order valence-corrected chi connectivity index (χ2v) is 5.57. The lowest BCUT2D eigenvalue weighted by Crippen LogP contribution is -2.39. The number of anilines is 1. The first-order chi connectivity index (χ1) is 12.9. The molecule has 0 spiro atoms. The molecule has 1 amide bonds. The van der Waals surface area contributed by atoms with E-state index in [1.807, 2.05) is 0 Å². The van der Waals surface area contributed by atoms with Crippen LogP contribution in [0, 0.1) is 17.0 Å². The molecule has 0 aliphatic rings. The molecule has 0 aromatic heterocycles. The van der Waals surface area contributed by atoms with Crippen LogP contribution in [0.4, 0.5) is 11.4 Å². The number of nitrogens with zero attached hydrogens (tertiary/aromatic N) is 2. The van der Waals surface area contributed by atoms with Crippen molar-refractivity contribution in [3.8, 4) is 5.75 Å². The molecule has 0 heterocycles. The van der Waals surface area contributed by atoms with E-state index in [0.29, 0.717) is 11.3 Å². The fourth-order valence-electron chi connectivity index (χ4n) is 2.44. The number of benzene rings is 2. The minimum absolute atomic E-state index is 0.0913. The van der Waals surface area contributed by atoms with Gasteiger partial charge in [0.2, 0.25) is 0 Å². The number of rotatable bonds is 8. The Balaban J connectivity index is 2.15. The van der Waals surface area contributed by atoms with Crippen molar-refractivity contribution in [1.29, 1.82) is 0 Å². The summed E-state index contributed by atoms with van der Waals surface area (Å²) >= 11 is 0. The molecule has 27 heavy (non-hydrogen) atoms. The number of nitro groups is 1. The minimum Gasteiger partial charge on any atom is -0.483 e. The molecule has 0 aliphatic carbocycles. The Morgan fingerprint density at radius 2 is 1.81 bits per heavy atom. The van der Waals surface area contributed by atoms with Gasteiger partial charge in [0.25, 0.3) is 11.6 Å². The van der Waals surface area contributed by atoms with Crippen LogP contribution >= 0.6 is 0 Å². The van der Waals surface area contributed by atoms with Crippen LogP contribution in [-0.2, 0) is 14.3 Å². The van der Waals surface area contributed by atoms with Crippen molar-refractivity contribution < 1.29 is 24.0 Å². The Hall–Kier alpha value is -3.42. The van der Waals surface area contributed by atoms with E-state index in [9.17, 15) is 19.7 Å². The maximum absolute atomic E-state index is 12.6. The SMILES string of the molecule is CCOC(=O)CN(C(=O)COc1cccc([N+](=O)[O-])c1C)c1ccccc1. The number of carbonyl (C=O) groups is 2. The van der Waals surface area contributed by atoms with Gasteiger partial charge < -0.3 is 9.47 Å². The third-order valence-electron chi connectivity index (χ3n) is 3.76. The van der Waals surface area contributed by atoms with Gasteiger partial charge in [0.1, 0.15) is 12.3 Å². The highest BCUT2D eigenvalue weighted by atomic mass is 16.6. The summed E-state index contributed by atoms with van der Waals surface area (Å²) in [5, 5.41) is 11.0. The Labute approximate surface area is 156 Å². The fraction of sp³-hybridized carbons (Fsp3) is 0.263. The van der Waals surface area contributed by atoms with Crippen molar-refractivity contribution in [2.45, 2.75) is 13.8 Å². The molecule has 0 saturated carbocycles. The molecule has 2 aromatic carbocycles. The molecule has 0 atom stereocenters. The second-order valence-electron chi connectivity index (χ2n) is 5.57. The Morgan fingerprint density at radius 3 is 2.44 bits per heavy atom. The molecule has 0 saturated heterocycles. The quantitative estimate of drug-likeness (QED) is 0.401. The maximum atomic E-state index is 12.6. The molecule has 2 aromatic rings. The third-order valence-corrected chi connectivity index (χ3v) is 3.76. The first-order valence-electron chi connectivity index (χ1n) is 8.31. The smallest absolute Gasteiger partial charge is 0.326 e. The monoisotopic (exact) mass is 372 g/mol. The minimum atomic E-state index is -0.541. The lowest BCUT2D eigenvalue weighted by molar-refractivity contribution is -0.385. The topological polar surface area (TPSA) is 99.0 Å². The predicted octanol–water partition coefficient (Wildman–Crippen LogP) is 2.88. The van der Waals surface area contributed by atoms with Crippen molar-refractivity contribution in [3.05, 3.63) is 64.2 Å². The van der Waals surface area contributed by atoms with Crippen molar-refractivity contribution in [3.63, 3.8) is 0 Å². The zero-order valence-corrected chi connectivity index (χ0v) is 15.1. The van der Waals surface area contributed by atoms with Gasteiger partial charge in [0.05, 0.1) is 17.1 Å². The number of carbonyl (C=O) groups excluding carboxylic acids is 2. The summed E-state index contributed by atoms with van der Waals surface area (Å²) in [6, 6.07) is 13.1. The molecular formula is C19H20N2O6. The standard InChI is InChI=1S/C19H20N2O6/c1-3-26-19(23)12-20(15-8-5-4-6-9-15)18(22)13-27-17-11-7-10-16(14(17)2)21(24)25/h4-11H,3,12-13H2,1-2H3. The van der Waals surface area contributed by atoms with E-state index in [1.54, 1.807) is 50.2 Å². The molecule has 0 fully saturated rings. The molecule has 8 heteroatoms. The van der Waals surface area contributed by atoms with Crippen molar-refractivity contribution in [2.75, 3.05) is 24.7 Å². The molecule has 0 unspecified atom stereocenters. The zero-order chi connectivity index (χ0) is 19.8. The summed E-state index contributed by atoms with van der Waals surface area (Å²) in [4.78, 5) is 36.2. The van der Waals surface area contributed by atoms with Gasteiger partial charge in [-0.2, -0.15) is 0 Å². The van der Waals surface area contributed by atoms with E-state index in [4.69, 9.17) is 9.47 Å². The summed E-state index contributed by atoms with van der Waals surface area (Å²) in [6.45, 7) is 2.80. The van der Waals surface area contributed by atoms with Crippen LogP contribution in [0.15, 0.2) is 48.5 Å². The number of ether oxygens (including phenoxy) is 2. The van der Waals surface area contributed by atoms with Gasteiger partial charge >= 0.3 is 5.97 Å². The molecule has 0 radical (unpaired) electrons. The third kappa shape index (κ3) is 5.27. The van der Waals surface area contributed by atoms with Crippen molar-refractivity contribution in [2.24, 2.45) is 0 Å². The summed E-state index contributed by atoms with van der Waals surface area (Å²) in [5.41, 5.74) is 0.758. The highest BCUT2D eigenvalue weighted by Crippen LogP contribution is 2.27. The van der Waals surface area contributed by atoms with Crippen LogP contribution < -0.4 is 9.64 Å². The molecule has 0 bridgehead atoms. The van der Waals surface area contributed by atoms with E-state index in [0.717, 1.165) is 0 Å². The van der Waals surface area contributed by atoms with E-state index < -0.39 is 16.8 Å². The first kappa shape index (κ1) is 19.9. The number of hydrogen-bond donors (Lipinski definition) is 0.